The Hall–Kier alpha value is -2.41. The van der Waals surface area contributed by atoms with Gasteiger partial charge in [-0.1, -0.05) is 29.8 Å². The van der Waals surface area contributed by atoms with E-state index in [1.54, 1.807) is 36.4 Å². The van der Waals surface area contributed by atoms with E-state index < -0.39 is 0 Å². The number of rotatable bonds is 2. The molecule has 1 amide bonds. The van der Waals surface area contributed by atoms with Crippen molar-refractivity contribution in [3.8, 4) is 0 Å². The summed E-state index contributed by atoms with van der Waals surface area (Å²) in [5.41, 5.74) is 11.5. The summed E-state index contributed by atoms with van der Waals surface area (Å²) in [5, 5.41) is 11.2. The molecule has 1 saturated heterocycles. The maximum atomic E-state index is 13.0. The fourth-order valence-corrected chi connectivity index (χ4v) is 3.82. The molecule has 1 aromatic rings. The van der Waals surface area contributed by atoms with Gasteiger partial charge >= 0.3 is 0 Å². The topological polar surface area (TPSA) is 99.2 Å². The van der Waals surface area contributed by atoms with Crippen molar-refractivity contribution in [1.29, 1.82) is 5.41 Å². The number of amides is 1. The van der Waals surface area contributed by atoms with Crippen molar-refractivity contribution in [3.63, 3.8) is 0 Å². The minimum atomic E-state index is -0.148. The molecule has 0 aromatic heterocycles. The van der Waals surface area contributed by atoms with Crippen LogP contribution in [0.3, 0.4) is 0 Å². The number of halogens is 2. The highest BCUT2D eigenvalue weighted by Gasteiger charge is 2.30. The molecule has 152 valence electrons. The number of nitrogens with zero attached hydrogens (tertiary/aromatic N) is 2. The van der Waals surface area contributed by atoms with Crippen LogP contribution in [0.4, 0.5) is 0 Å². The lowest BCUT2D eigenvalue weighted by molar-refractivity contribution is -0.595. The van der Waals surface area contributed by atoms with Gasteiger partial charge in [-0.25, -0.2) is 0 Å². The highest BCUT2D eigenvalue weighted by molar-refractivity contribution is 6.42. The minimum Gasteiger partial charge on any atom is -0.394 e. The van der Waals surface area contributed by atoms with E-state index in [2.05, 4.69) is 11.6 Å². The number of aliphatic imine (C=N–C) groups is 1. The molecule has 3 rings (SSSR count). The number of benzene rings is 1. The van der Waals surface area contributed by atoms with Crippen LogP contribution in [0.2, 0.25) is 10.0 Å². The number of nitrogens with two attached hydrogens (primary N) is 2. The van der Waals surface area contributed by atoms with Crippen molar-refractivity contribution >= 4 is 41.0 Å². The number of hydrogen-bond donors (Lipinski definition) is 3. The molecule has 29 heavy (non-hydrogen) atoms. The van der Waals surface area contributed by atoms with Crippen molar-refractivity contribution in [1.82, 2.24) is 4.90 Å². The molecule has 0 atom stereocenters. The average molecular weight is 433 g/mol. The van der Waals surface area contributed by atoms with Gasteiger partial charge in [0.1, 0.15) is 6.54 Å². The van der Waals surface area contributed by atoms with Crippen molar-refractivity contribution in [2.24, 2.45) is 10.7 Å². The second kappa shape index (κ2) is 8.95. The zero-order valence-electron chi connectivity index (χ0n) is 16.3. The summed E-state index contributed by atoms with van der Waals surface area (Å²) in [6, 6.07) is 4.85. The molecule has 5 N–H and O–H groups in total. The Labute approximate surface area is 180 Å². The summed E-state index contributed by atoms with van der Waals surface area (Å²) in [6.45, 7) is 5.55. The molecule has 0 unspecified atom stereocenters. The van der Waals surface area contributed by atoms with Crippen LogP contribution >= 0.6 is 23.2 Å². The third kappa shape index (κ3) is 4.61. The van der Waals surface area contributed by atoms with Crippen LogP contribution < -0.4 is 11.1 Å². The molecular weight excluding hydrogens is 409 g/mol. The minimum absolute atomic E-state index is 0.148. The Bertz CT molecular complexity index is 977. The van der Waals surface area contributed by atoms with Gasteiger partial charge in [0.15, 0.2) is 5.70 Å². The van der Waals surface area contributed by atoms with Gasteiger partial charge in [0, 0.05) is 49.5 Å². The molecule has 2 aliphatic rings. The number of carbonyl (C=O) groups excluding carboxylic acids is 1. The third-order valence-corrected chi connectivity index (χ3v) is 5.82. The van der Waals surface area contributed by atoms with E-state index in [4.69, 9.17) is 34.3 Å². The Balaban J connectivity index is 1.97. The van der Waals surface area contributed by atoms with Gasteiger partial charge < -0.3 is 21.4 Å². The first-order valence-electron chi connectivity index (χ1n) is 9.28. The highest BCUT2D eigenvalue weighted by Crippen LogP contribution is 2.25. The number of carbonyl (C=O) groups is 1. The molecule has 2 aliphatic heterocycles. The molecule has 0 radical (unpaired) electrons. The molecule has 0 bridgehead atoms. The molecule has 1 fully saturated rings. The molecule has 6 nitrogen and oxygen atoms in total. The van der Waals surface area contributed by atoms with E-state index in [0.717, 1.165) is 22.4 Å². The van der Waals surface area contributed by atoms with Crippen LogP contribution in [0.25, 0.3) is 0 Å². The summed E-state index contributed by atoms with van der Waals surface area (Å²) < 4.78 is 0. The third-order valence-electron chi connectivity index (χ3n) is 5.08. The van der Waals surface area contributed by atoms with Crippen molar-refractivity contribution in [2.45, 2.75) is 12.8 Å². The smallest absolute Gasteiger partial charge is 0.254 e. The summed E-state index contributed by atoms with van der Waals surface area (Å²) in [6.07, 6.45) is 2.85. The Morgan fingerprint density at radius 2 is 2.14 bits per heavy atom. The summed E-state index contributed by atoms with van der Waals surface area (Å²) in [7, 11) is 1.70. The second-order valence-corrected chi connectivity index (χ2v) is 7.95. The number of hydrogen-bond acceptors (Lipinski definition) is 4. The van der Waals surface area contributed by atoms with E-state index in [1.807, 2.05) is 5.32 Å². The largest absolute Gasteiger partial charge is 0.394 e. The number of allylic oxidation sites excluding steroid dienone is 1. The Morgan fingerprint density at radius 1 is 1.38 bits per heavy atom. The van der Waals surface area contributed by atoms with Gasteiger partial charge in [0.25, 0.3) is 5.91 Å². The van der Waals surface area contributed by atoms with Crippen LogP contribution in [-0.4, -0.2) is 49.4 Å². The maximum absolute atomic E-state index is 13.0. The van der Waals surface area contributed by atoms with E-state index in [-0.39, 0.29) is 5.91 Å². The Morgan fingerprint density at radius 3 is 2.83 bits per heavy atom. The van der Waals surface area contributed by atoms with Crippen molar-refractivity contribution in [2.75, 3.05) is 26.7 Å². The van der Waals surface area contributed by atoms with Crippen LogP contribution in [0.5, 0.6) is 0 Å². The van der Waals surface area contributed by atoms with Crippen molar-refractivity contribution < 1.29 is 10.1 Å². The number of quaternary nitrogens is 1. The van der Waals surface area contributed by atoms with Crippen LogP contribution in [-0.2, 0) is 0 Å². The molecule has 1 aromatic carbocycles. The quantitative estimate of drug-likeness (QED) is 0.494. The van der Waals surface area contributed by atoms with E-state index in [1.165, 1.54) is 0 Å². The van der Waals surface area contributed by atoms with Gasteiger partial charge in [-0.05, 0) is 23.8 Å². The molecule has 8 heteroatoms. The molecule has 0 aliphatic carbocycles. The molecule has 0 spiro atoms. The van der Waals surface area contributed by atoms with Gasteiger partial charge in [0.2, 0.25) is 0 Å². The SMILES string of the molecule is C=C1C[NH2+]/C(=C2/CN(C(=O)c3ccc(Cl)c(Cl)c3)CCC2=N)C(N)=C(C=NC)C1. The Kier molecular flexibility index (Phi) is 6.57. The molecule has 0 saturated carbocycles. The van der Waals surface area contributed by atoms with Gasteiger partial charge in [-0.15, -0.1) is 0 Å². The first kappa shape index (κ1) is 21.3. The molecule has 2 heterocycles. The van der Waals surface area contributed by atoms with Gasteiger partial charge in [-0.2, -0.15) is 0 Å². The van der Waals surface area contributed by atoms with Crippen molar-refractivity contribution in [3.05, 3.63) is 68.5 Å². The average Bonchev–Trinajstić information content (AvgIpc) is 2.83. The highest BCUT2D eigenvalue weighted by atomic mass is 35.5. The monoisotopic (exact) mass is 432 g/mol. The zero-order valence-corrected chi connectivity index (χ0v) is 17.8. The predicted molar refractivity (Wildman–Crippen MR) is 118 cm³/mol. The zero-order chi connectivity index (χ0) is 21.1. The van der Waals surface area contributed by atoms with Gasteiger partial charge in [-0.3, -0.25) is 9.79 Å². The van der Waals surface area contributed by atoms with E-state index in [0.29, 0.717) is 59.5 Å². The number of piperidine rings is 1. The lowest BCUT2D eigenvalue weighted by Crippen LogP contribution is -2.83. The van der Waals surface area contributed by atoms with E-state index in [9.17, 15) is 4.79 Å². The first-order valence-corrected chi connectivity index (χ1v) is 10.0. The van der Waals surface area contributed by atoms with Gasteiger partial charge in [0.05, 0.1) is 27.9 Å². The standard InChI is InChI=1S/C21H23Cl2N5O/c1-12-7-14(10-26-2)19(25)20(27-9-12)15-11-28(6-5-18(15)24)21(29)13-3-4-16(22)17(23)8-13/h3-4,8,10,24,27H,1,5-7,9,11,25H2,2H3/p+1/b20-15-,24-18?,26-10?. The van der Waals surface area contributed by atoms with E-state index >= 15 is 0 Å². The summed E-state index contributed by atoms with van der Waals surface area (Å²) >= 11 is 12.0. The fraction of sp³-hybridized carbons (Fsp3) is 0.286. The van der Waals surface area contributed by atoms with Crippen LogP contribution in [0.15, 0.2) is 57.9 Å². The lowest BCUT2D eigenvalue weighted by atomic mass is 9.96. The summed E-state index contributed by atoms with van der Waals surface area (Å²) in [4.78, 5) is 18.8. The molecular formula is C21H24Cl2N5O+. The summed E-state index contributed by atoms with van der Waals surface area (Å²) in [5.74, 6) is -0.148. The predicted octanol–water partition coefficient (Wildman–Crippen LogP) is 2.55. The maximum Gasteiger partial charge on any atom is 0.254 e. The normalized spacial score (nSPS) is 21.1. The second-order valence-electron chi connectivity index (χ2n) is 7.14. The van der Waals surface area contributed by atoms with Crippen LogP contribution in [0, 0.1) is 5.41 Å². The first-order chi connectivity index (χ1) is 13.8. The lowest BCUT2D eigenvalue weighted by Gasteiger charge is -2.30. The number of nitrogens with one attached hydrogen (secondary N) is 1. The fourth-order valence-electron chi connectivity index (χ4n) is 3.52. The van der Waals surface area contributed by atoms with Crippen LogP contribution in [0.1, 0.15) is 23.2 Å². The number of likely N-dealkylation sites (tertiary alicyclic amines) is 1.